The number of nitrogens with zero attached hydrogens (tertiary/aromatic N) is 1. The molecule has 1 N–H and O–H groups in total. The van der Waals surface area contributed by atoms with E-state index in [1.165, 1.54) is 13.1 Å². The molecule has 0 aromatic heterocycles. The zero-order valence-electron chi connectivity index (χ0n) is 11.9. The van der Waals surface area contributed by atoms with E-state index in [9.17, 15) is 12.8 Å². The van der Waals surface area contributed by atoms with E-state index < -0.39 is 15.8 Å². The van der Waals surface area contributed by atoms with Crippen molar-refractivity contribution in [2.24, 2.45) is 0 Å². The standard InChI is InChI=1S/C13H20ClFN2O2S/c1-4-5-6-17(3)20(18,19)12-8-11(14)7-10(9-16-2)13(12)15/h7-8,16H,4-6,9H2,1-3H3. The molecule has 0 spiro atoms. The summed E-state index contributed by atoms with van der Waals surface area (Å²) < 4.78 is 40.2. The fraction of sp³-hybridized carbons (Fsp3) is 0.538. The van der Waals surface area contributed by atoms with Crippen LogP contribution < -0.4 is 5.32 Å². The van der Waals surface area contributed by atoms with E-state index in [4.69, 9.17) is 11.6 Å². The van der Waals surface area contributed by atoms with Gasteiger partial charge >= 0.3 is 0 Å². The Morgan fingerprint density at radius 2 is 2.05 bits per heavy atom. The minimum Gasteiger partial charge on any atom is -0.316 e. The molecule has 0 amide bonds. The SMILES string of the molecule is CCCCN(C)S(=O)(=O)c1cc(Cl)cc(CNC)c1F. The summed E-state index contributed by atoms with van der Waals surface area (Å²) in [6.07, 6.45) is 1.59. The Balaban J connectivity index is 3.24. The molecule has 0 aliphatic rings. The Kier molecular flexibility index (Phi) is 6.39. The van der Waals surface area contributed by atoms with Crippen molar-refractivity contribution in [2.45, 2.75) is 31.2 Å². The van der Waals surface area contributed by atoms with Crippen molar-refractivity contribution >= 4 is 21.6 Å². The molecule has 0 aliphatic heterocycles. The number of benzene rings is 1. The molecule has 114 valence electrons. The molecule has 1 aromatic carbocycles. The maximum atomic E-state index is 14.3. The molecule has 4 nitrogen and oxygen atoms in total. The molecule has 1 rings (SSSR count). The van der Waals surface area contributed by atoms with Gasteiger partial charge < -0.3 is 5.32 Å². The molecule has 0 saturated carbocycles. The van der Waals surface area contributed by atoms with E-state index in [-0.39, 0.29) is 22.0 Å². The van der Waals surface area contributed by atoms with Crippen LogP contribution in [-0.2, 0) is 16.6 Å². The smallest absolute Gasteiger partial charge is 0.245 e. The lowest BCUT2D eigenvalue weighted by Crippen LogP contribution is -2.29. The third-order valence-electron chi connectivity index (χ3n) is 2.96. The Bertz CT molecular complexity index is 564. The van der Waals surface area contributed by atoms with E-state index in [1.54, 1.807) is 7.05 Å². The fourth-order valence-electron chi connectivity index (χ4n) is 1.79. The van der Waals surface area contributed by atoms with E-state index >= 15 is 0 Å². The van der Waals surface area contributed by atoms with Crippen LogP contribution >= 0.6 is 11.6 Å². The predicted octanol–water partition coefficient (Wildman–Crippen LogP) is 2.62. The van der Waals surface area contributed by atoms with Crippen molar-refractivity contribution in [2.75, 3.05) is 20.6 Å². The molecule has 1 aromatic rings. The van der Waals surface area contributed by atoms with Gasteiger partial charge in [0.1, 0.15) is 10.7 Å². The van der Waals surface area contributed by atoms with Gasteiger partial charge in [-0.2, -0.15) is 0 Å². The van der Waals surface area contributed by atoms with Crippen molar-refractivity contribution in [1.29, 1.82) is 0 Å². The molecular weight excluding hydrogens is 303 g/mol. The van der Waals surface area contributed by atoms with Crippen molar-refractivity contribution in [3.8, 4) is 0 Å². The molecule has 0 unspecified atom stereocenters. The molecule has 0 aliphatic carbocycles. The number of unbranched alkanes of at least 4 members (excludes halogenated alkanes) is 1. The first-order valence-electron chi connectivity index (χ1n) is 6.43. The third-order valence-corrected chi connectivity index (χ3v) is 5.04. The van der Waals surface area contributed by atoms with Crippen molar-refractivity contribution < 1.29 is 12.8 Å². The first kappa shape index (κ1) is 17.4. The zero-order valence-corrected chi connectivity index (χ0v) is 13.5. The average Bonchev–Trinajstić information content (AvgIpc) is 2.39. The maximum absolute atomic E-state index is 14.3. The van der Waals surface area contributed by atoms with Crippen molar-refractivity contribution in [3.63, 3.8) is 0 Å². The fourth-order valence-corrected chi connectivity index (χ4v) is 3.44. The number of rotatable bonds is 7. The van der Waals surface area contributed by atoms with Crippen LogP contribution in [0.25, 0.3) is 0 Å². The van der Waals surface area contributed by atoms with Gasteiger partial charge in [-0.15, -0.1) is 0 Å². The van der Waals surface area contributed by atoms with Crippen LogP contribution in [0, 0.1) is 5.82 Å². The Labute approximate surface area is 125 Å². The molecular formula is C13H20ClFN2O2S. The molecule has 0 radical (unpaired) electrons. The first-order chi connectivity index (χ1) is 9.34. The second-order valence-corrected chi connectivity index (χ2v) is 7.04. The van der Waals surface area contributed by atoms with E-state index in [1.807, 2.05) is 6.92 Å². The predicted molar refractivity (Wildman–Crippen MR) is 78.9 cm³/mol. The Morgan fingerprint density at radius 1 is 1.40 bits per heavy atom. The third kappa shape index (κ3) is 3.91. The number of hydrogen-bond acceptors (Lipinski definition) is 3. The molecule has 20 heavy (non-hydrogen) atoms. The summed E-state index contributed by atoms with van der Waals surface area (Å²) in [5, 5.41) is 2.99. The summed E-state index contributed by atoms with van der Waals surface area (Å²) in [6.45, 7) is 2.53. The lowest BCUT2D eigenvalue weighted by atomic mass is 10.2. The number of nitrogens with one attached hydrogen (secondary N) is 1. The maximum Gasteiger partial charge on any atom is 0.245 e. The van der Waals surface area contributed by atoms with Gasteiger partial charge in [-0.1, -0.05) is 24.9 Å². The summed E-state index contributed by atoms with van der Waals surface area (Å²) in [6, 6.07) is 2.59. The minimum absolute atomic E-state index is 0.208. The van der Waals surface area contributed by atoms with Gasteiger partial charge in [-0.05, 0) is 25.6 Å². The van der Waals surface area contributed by atoms with Gasteiger partial charge in [0.05, 0.1) is 0 Å². The van der Waals surface area contributed by atoms with E-state index in [2.05, 4.69) is 5.32 Å². The summed E-state index contributed by atoms with van der Waals surface area (Å²) in [7, 11) is -0.757. The van der Waals surface area contributed by atoms with E-state index in [0.29, 0.717) is 6.54 Å². The van der Waals surface area contributed by atoms with Crippen LogP contribution in [-0.4, -0.2) is 33.4 Å². The van der Waals surface area contributed by atoms with Crippen LogP contribution in [0.2, 0.25) is 5.02 Å². The van der Waals surface area contributed by atoms with Crippen LogP contribution in [0.15, 0.2) is 17.0 Å². The quantitative estimate of drug-likeness (QED) is 0.839. The van der Waals surface area contributed by atoms with Gasteiger partial charge in [0, 0.05) is 30.7 Å². The highest BCUT2D eigenvalue weighted by Gasteiger charge is 2.26. The lowest BCUT2D eigenvalue weighted by Gasteiger charge is -2.18. The number of halogens is 2. The molecule has 0 bridgehead atoms. The van der Waals surface area contributed by atoms with E-state index in [0.717, 1.165) is 23.2 Å². The second-order valence-electron chi connectivity index (χ2n) is 4.59. The Hall–Kier alpha value is -0.690. The van der Waals surface area contributed by atoms with Crippen LogP contribution in [0.5, 0.6) is 0 Å². The Morgan fingerprint density at radius 3 is 2.60 bits per heavy atom. The largest absolute Gasteiger partial charge is 0.316 e. The lowest BCUT2D eigenvalue weighted by molar-refractivity contribution is 0.452. The van der Waals surface area contributed by atoms with Gasteiger partial charge in [-0.25, -0.2) is 17.1 Å². The zero-order chi connectivity index (χ0) is 15.3. The van der Waals surface area contributed by atoms with Crippen LogP contribution in [0.3, 0.4) is 0 Å². The first-order valence-corrected chi connectivity index (χ1v) is 8.25. The summed E-state index contributed by atoms with van der Waals surface area (Å²) in [5.41, 5.74) is 0.238. The van der Waals surface area contributed by atoms with Gasteiger partial charge in [-0.3, -0.25) is 0 Å². The van der Waals surface area contributed by atoms with Gasteiger partial charge in [0.2, 0.25) is 10.0 Å². The highest BCUT2D eigenvalue weighted by Crippen LogP contribution is 2.26. The minimum atomic E-state index is -3.86. The highest BCUT2D eigenvalue weighted by molar-refractivity contribution is 7.89. The molecule has 0 atom stereocenters. The summed E-state index contributed by atoms with van der Waals surface area (Å²) >= 11 is 5.90. The van der Waals surface area contributed by atoms with Crippen LogP contribution in [0.1, 0.15) is 25.3 Å². The highest BCUT2D eigenvalue weighted by atomic mass is 35.5. The number of sulfonamides is 1. The normalized spacial score (nSPS) is 12.1. The van der Waals surface area contributed by atoms with Crippen LogP contribution in [0.4, 0.5) is 4.39 Å². The van der Waals surface area contributed by atoms with Crippen molar-refractivity contribution in [3.05, 3.63) is 28.5 Å². The number of hydrogen-bond donors (Lipinski definition) is 1. The molecule has 0 saturated heterocycles. The topological polar surface area (TPSA) is 49.4 Å². The second kappa shape index (κ2) is 7.36. The van der Waals surface area contributed by atoms with Crippen molar-refractivity contribution in [1.82, 2.24) is 9.62 Å². The summed E-state index contributed by atoms with van der Waals surface area (Å²) in [5.74, 6) is -0.743. The average molecular weight is 323 g/mol. The van der Waals surface area contributed by atoms with Gasteiger partial charge in [0.15, 0.2) is 0 Å². The van der Waals surface area contributed by atoms with Gasteiger partial charge in [0.25, 0.3) is 0 Å². The monoisotopic (exact) mass is 322 g/mol. The molecule has 0 fully saturated rings. The summed E-state index contributed by atoms with van der Waals surface area (Å²) in [4.78, 5) is -0.367. The molecule has 7 heteroatoms. The molecule has 0 heterocycles.